The standard InChI is InChI=1S/C11H27N4O3P.H2O/c12-11(13)15-8-6-4-2-1-3-5-7-14-9-10-19(16,17)18;/h14H,1-10H2,(H4,12,13,15)(H2,16,17,18);1H2. The molecule has 9 N–H and O–H groups in total. The Bertz CT molecular complexity index is 286. The molecular weight excluding hydrogens is 283 g/mol. The first-order valence-corrected chi connectivity index (χ1v) is 8.55. The van der Waals surface area contributed by atoms with Gasteiger partial charge in [-0.25, -0.2) is 0 Å². The van der Waals surface area contributed by atoms with Crippen LogP contribution in [0.25, 0.3) is 0 Å². The number of nitrogens with one attached hydrogen (secondary N) is 3. The highest BCUT2D eigenvalue weighted by molar-refractivity contribution is 7.51. The average Bonchev–Trinajstić information content (AvgIpc) is 2.28. The molecule has 0 radical (unpaired) electrons. The molecule has 0 aliphatic carbocycles. The fourth-order valence-corrected chi connectivity index (χ4v) is 2.10. The van der Waals surface area contributed by atoms with Crippen LogP contribution in [-0.2, 0) is 4.57 Å². The molecule has 0 fully saturated rings. The van der Waals surface area contributed by atoms with Gasteiger partial charge in [0, 0.05) is 13.1 Å². The molecule has 0 atom stereocenters. The summed E-state index contributed by atoms with van der Waals surface area (Å²) in [5.74, 6) is 0.0291. The quantitative estimate of drug-likeness (QED) is 0.126. The van der Waals surface area contributed by atoms with Crippen molar-refractivity contribution in [2.75, 3.05) is 25.8 Å². The van der Waals surface area contributed by atoms with Gasteiger partial charge in [0.25, 0.3) is 0 Å². The molecule has 0 saturated heterocycles. The first-order chi connectivity index (χ1) is 8.92. The van der Waals surface area contributed by atoms with E-state index in [-0.39, 0.29) is 17.6 Å². The monoisotopic (exact) mass is 312 g/mol. The second-order valence-corrected chi connectivity index (χ2v) is 6.38. The predicted octanol–water partition coefficient (Wildman–Crippen LogP) is -0.247. The predicted molar refractivity (Wildman–Crippen MR) is 81.0 cm³/mol. The zero-order valence-corrected chi connectivity index (χ0v) is 12.8. The Balaban J connectivity index is 0. The summed E-state index contributed by atoms with van der Waals surface area (Å²) in [6.45, 7) is 1.95. The fraction of sp³-hybridized carbons (Fsp3) is 0.909. The first kappa shape index (κ1) is 21.6. The lowest BCUT2D eigenvalue weighted by Gasteiger charge is -2.06. The van der Waals surface area contributed by atoms with Crippen LogP contribution in [0, 0.1) is 5.41 Å². The van der Waals surface area contributed by atoms with Gasteiger partial charge in [0.05, 0.1) is 6.16 Å². The van der Waals surface area contributed by atoms with Gasteiger partial charge in [-0.3, -0.25) is 9.97 Å². The molecule has 9 heteroatoms. The minimum atomic E-state index is -3.84. The maximum Gasteiger partial charge on any atom is 0.326 e. The molecule has 0 spiro atoms. The van der Waals surface area contributed by atoms with E-state index in [1.807, 2.05) is 0 Å². The summed E-state index contributed by atoms with van der Waals surface area (Å²) in [7, 11) is -3.84. The molecular formula is C11H29N4O4P. The maximum atomic E-state index is 10.6. The Morgan fingerprint density at radius 2 is 1.50 bits per heavy atom. The van der Waals surface area contributed by atoms with Gasteiger partial charge in [0.15, 0.2) is 5.96 Å². The molecule has 20 heavy (non-hydrogen) atoms. The second-order valence-electron chi connectivity index (χ2n) is 4.60. The van der Waals surface area contributed by atoms with Crippen molar-refractivity contribution >= 4 is 13.6 Å². The van der Waals surface area contributed by atoms with Gasteiger partial charge in [-0.2, -0.15) is 0 Å². The molecule has 0 heterocycles. The third kappa shape index (κ3) is 19.7. The topological polar surface area (TPSA) is 163 Å². The van der Waals surface area contributed by atoms with E-state index in [0.29, 0.717) is 6.54 Å². The third-order valence-electron chi connectivity index (χ3n) is 2.68. The van der Waals surface area contributed by atoms with Crippen molar-refractivity contribution in [2.45, 2.75) is 38.5 Å². The van der Waals surface area contributed by atoms with Crippen LogP contribution < -0.4 is 16.4 Å². The third-order valence-corrected chi connectivity index (χ3v) is 3.48. The molecule has 0 amide bonds. The van der Waals surface area contributed by atoms with E-state index in [2.05, 4.69) is 10.6 Å². The van der Waals surface area contributed by atoms with E-state index >= 15 is 0 Å². The summed E-state index contributed by atoms with van der Waals surface area (Å²) in [6, 6.07) is 0. The van der Waals surface area contributed by atoms with E-state index in [9.17, 15) is 4.57 Å². The van der Waals surface area contributed by atoms with Gasteiger partial charge in [-0.15, -0.1) is 0 Å². The lowest BCUT2D eigenvalue weighted by molar-refractivity contribution is 0.371. The summed E-state index contributed by atoms with van der Waals surface area (Å²) in [4.78, 5) is 17.3. The summed E-state index contributed by atoms with van der Waals surface area (Å²) in [6.07, 6.45) is 6.57. The van der Waals surface area contributed by atoms with Crippen LogP contribution in [0.15, 0.2) is 0 Å². The summed E-state index contributed by atoms with van der Waals surface area (Å²) in [5.41, 5.74) is 5.16. The first-order valence-electron chi connectivity index (χ1n) is 6.75. The minimum Gasteiger partial charge on any atom is -0.412 e. The number of guanidine groups is 1. The molecule has 8 nitrogen and oxygen atoms in total. The molecule has 0 unspecified atom stereocenters. The summed E-state index contributed by atoms with van der Waals surface area (Å²) >= 11 is 0. The molecule has 0 rings (SSSR count). The zero-order valence-electron chi connectivity index (χ0n) is 11.9. The largest absolute Gasteiger partial charge is 0.412 e. The molecule has 0 aromatic carbocycles. The highest BCUT2D eigenvalue weighted by Gasteiger charge is 2.10. The van der Waals surface area contributed by atoms with E-state index in [4.69, 9.17) is 20.9 Å². The van der Waals surface area contributed by atoms with Crippen LogP contribution in [0.5, 0.6) is 0 Å². The van der Waals surface area contributed by atoms with E-state index in [1.165, 1.54) is 12.8 Å². The lowest BCUT2D eigenvalue weighted by Crippen LogP contribution is -2.30. The van der Waals surface area contributed by atoms with E-state index in [0.717, 1.165) is 38.8 Å². The second kappa shape index (κ2) is 13.3. The van der Waals surface area contributed by atoms with Crippen LogP contribution in [-0.4, -0.2) is 47.0 Å². The van der Waals surface area contributed by atoms with Gasteiger partial charge in [0.1, 0.15) is 0 Å². The summed E-state index contributed by atoms with van der Waals surface area (Å²) in [5, 5.41) is 12.8. The Morgan fingerprint density at radius 1 is 1.00 bits per heavy atom. The fourth-order valence-electron chi connectivity index (χ4n) is 1.65. The Morgan fingerprint density at radius 3 is 2.00 bits per heavy atom. The van der Waals surface area contributed by atoms with Crippen LogP contribution in [0.3, 0.4) is 0 Å². The summed E-state index contributed by atoms with van der Waals surface area (Å²) < 4.78 is 10.6. The SMILES string of the molecule is N=C(N)NCCCCCCCCNCCP(=O)(O)O.O. The van der Waals surface area contributed by atoms with Crippen molar-refractivity contribution in [2.24, 2.45) is 5.73 Å². The van der Waals surface area contributed by atoms with Crippen LogP contribution in [0.1, 0.15) is 38.5 Å². The number of nitrogens with two attached hydrogens (primary N) is 1. The van der Waals surface area contributed by atoms with Crippen LogP contribution in [0.2, 0.25) is 0 Å². The van der Waals surface area contributed by atoms with Crippen molar-refractivity contribution in [1.82, 2.24) is 10.6 Å². The van der Waals surface area contributed by atoms with Crippen LogP contribution in [0.4, 0.5) is 0 Å². The normalized spacial score (nSPS) is 10.9. The molecule has 0 aliphatic heterocycles. The van der Waals surface area contributed by atoms with E-state index in [1.54, 1.807) is 0 Å². The van der Waals surface area contributed by atoms with Crippen molar-refractivity contribution in [3.8, 4) is 0 Å². The smallest absolute Gasteiger partial charge is 0.326 e. The van der Waals surface area contributed by atoms with Crippen molar-refractivity contribution < 1.29 is 19.8 Å². The Kier molecular flexibility index (Phi) is 14.4. The van der Waals surface area contributed by atoms with Crippen molar-refractivity contribution in [1.29, 1.82) is 5.41 Å². The highest BCUT2D eigenvalue weighted by Crippen LogP contribution is 2.32. The van der Waals surface area contributed by atoms with Gasteiger partial charge in [-0.05, 0) is 19.4 Å². The molecule has 0 aliphatic rings. The molecule has 0 aromatic heterocycles. The van der Waals surface area contributed by atoms with E-state index < -0.39 is 7.60 Å². The van der Waals surface area contributed by atoms with Crippen molar-refractivity contribution in [3.05, 3.63) is 0 Å². The lowest BCUT2D eigenvalue weighted by atomic mass is 10.1. The van der Waals surface area contributed by atoms with Crippen LogP contribution >= 0.6 is 7.60 Å². The van der Waals surface area contributed by atoms with Crippen molar-refractivity contribution in [3.63, 3.8) is 0 Å². The van der Waals surface area contributed by atoms with Gasteiger partial charge >= 0.3 is 7.60 Å². The molecule has 122 valence electrons. The number of hydrogen-bond donors (Lipinski definition) is 6. The van der Waals surface area contributed by atoms with Gasteiger partial charge < -0.3 is 31.6 Å². The zero-order chi connectivity index (χ0) is 14.6. The molecule has 0 aromatic rings. The Hall–Kier alpha value is -0.660. The molecule has 0 saturated carbocycles. The maximum absolute atomic E-state index is 10.6. The van der Waals surface area contributed by atoms with Gasteiger partial charge in [-0.1, -0.05) is 25.7 Å². The average molecular weight is 312 g/mol. The Labute approximate surface area is 120 Å². The van der Waals surface area contributed by atoms with Gasteiger partial charge in [0.2, 0.25) is 0 Å². The number of hydrogen-bond acceptors (Lipinski definition) is 3. The number of rotatable bonds is 12. The molecule has 0 bridgehead atoms. The number of unbranched alkanes of at least 4 members (excludes halogenated alkanes) is 5. The highest BCUT2D eigenvalue weighted by atomic mass is 31.2. The minimum absolute atomic E-state index is 0.